The maximum atomic E-state index is 12.3. The number of aromatic hydroxyl groups is 1. The Morgan fingerprint density at radius 1 is 1.32 bits per heavy atom. The van der Waals surface area contributed by atoms with Crippen LogP contribution in [0.2, 0.25) is 0 Å². The Hall–Kier alpha value is -2.30. The van der Waals surface area contributed by atoms with E-state index in [1.165, 1.54) is 5.56 Å². The first-order valence-electron chi connectivity index (χ1n) is 7.61. The fourth-order valence-electron chi connectivity index (χ4n) is 3.30. The number of benzene rings is 1. The topological polar surface area (TPSA) is 87.7 Å². The summed E-state index contributed by atoms with van der Waals surface area (Å²) in [6.07, 6.45) is 5.60. The minimum Gasteiger partial charge on any atom is -0.501 e. The fourth-order valence-corrected chi connectivity index (χ4v) is 3.30. The van der Waals surface area contributed by atoms with E-state index in [2.05, 4.69) is 0 Å². The molecule has 0 atom stereocenters. The van der Waals surface area contributed by atoms with Gasteiger partial charge >= 0.3 is 5.97 Å². The maximum absolute atomic E-state index is 12.3. The van der Waals surface area contributed by atoms with Gasteiger partial charge in [-0.3, -0.25) is 4.79 Å². The van der Waals surface area contributed by atoms with Crippen LogP contribution in [-0.2, 0) is 19.3 Å². The zero-order valence-corrected chi connectivity index (χ0v) is 12.4. The predicted molar refractivity (Wildman–Crippen MR) is 81.7 cm³/mol. The van der Waals surface area contributed by atoms with E-state index < -0.39 is 22.9 Å². The van der Waals surface area contributed by atoms with Crippen molar-refractivity contribution in [2.24, 2.45) is 0 Å². The van der Waals surface area contributed by atoms with Crippen molar-refractivity contribution in [3.8, 4) is 5.75 Å². The van der Waals surface area contributed by atoms with Crippen LogP contribution >= 0.6 is 0 Å². The molecule has 22 heavy (non-hydrogen) atoms. The summed E-state index contributed by atoms with van der Waals surface area (Å²) in [4.78, 5) is 23.5. The molecule has 0 aliphatic heterocycles. The number of rotatable bonds is 3. The molecule has 1 aromatic heterocycles. The number of carboxylic acids is 1. The van der Waals surface area contributed by atoms with Crippen LogP contribution in [-0.4, -0.2) is 16.2 Å². The lowest BCUT2D eigenvalue weighted by atomic mass is 9.85. The van der Waals surface area contributed by atoms with Gasteiger partial charge in [-0.15, -0.1) is 0 Å². The molecule has 0 unspecified atom stereocenters. The minimum atomic E-state index is -1.43. The van der Waals surface area contributed by atoms with Gasteiger partial charge in [0.2, 0.25) is 11.2 Å². The number of carbonyl (C=O) groups is 1. The van der Waals surface area contributed by atoms with Crippen molar-refractivity contribution in [3.63, 3.8) is 0 Å². The molecule has 0 bridgehead atoms. The van der Waals surface area contributed by atoms with Gasteiger partial charge < -0.3 is 14.6 Å². The Morgan fingerprint density at radius 2 is 2.05 bits per heavy atom. The van der Waals surface area contributed by atoms with Crippen LogP contribution in [0.1, 0.15) is 53.4 Å². The monoisotopic (exact) mass is 302 g/mol. The molecule has 0 amide bonds. The fraction of sp³-hybridized carbons (Fsp3) is 0.412. The molecule has 2 N–H and O–H groups in total. The molecule has 116 valence electrons. The van der Waals surface area contributed by atoms with E-state index in [1.54, 1.807) is 6.07 Å². The normalized spacial score (nSPS) is 14.0. The van der Waals surface area contributed by atoms with Gasteiger partial charge in [-0.05, 0) is 54.9 Å². The second kappa shape index (κ2) is 5.48. The third kappa shape index (κ3) is 2.17. The molecule has 0 fully saturated rings. The maximum Gasteiger partial charge on any atom is 0.375 e. The van der Waals surface area contributed by atoms with Crippen molar-refractivity contribution in [2.45, 2.75) is 45.4 Å². The molecule has 5 heteroatoms. The van der Waals surface area contributed by atoms with E-state index in [1.807, 2.05) is 6.92 Å². The zero-order valence-electron chi connectivity index (χ0n) is 12.4. The second-order valence-electron chi connectivity index (χ2n) is 5.74. The summed E-state index contributed by atoms with van der Waals surface area (Å²) in [6.45, 7) is 2.03. The SMILES string of the molecule is CCCc1c2c(cc3c(=O)c(O)c(C(=O)O)oc13)CCCC2. The summed E-state index contributed by atoms with van der Waals surface area (Å²) in [5.74, 6) is -2.93. The highest BCUT2D eigenvalue weighted by atomic mass is 16.4. The third-order valence-corrected chi connectivity index (χ3v) is 4.29. The molecule has 5 nitrogen and oxygen atoms in total. The largest absolute Gasteiger partial charge is 0.501 e. The molecular formula is C17H18O5. The summed E-state index contributed by atoms with van der Waals surface area (Å²) in [6, 6.07) is 1.76. The van der Waals surface area contributed by atoms with E-state index in [4.69, 9.17) is 9.52 Å². The number of carboxylic acid groups (broad SMARTS) is 1. The number of hydrogen-bond acceptors (Lipinski definition) is 4. The summed E-state index contributed by atoms with van der Waals surface area (Å²) >= 11 is 0. The molecule has 0 spiro atoms. The van der Waals surface area contributed by atoms with Crippen molar-refractivity contribution in [2.75, 3.05) is 0 Å². The van der Waals surface area contributed by atoms with Crippen LogP contribution in [0.4, 0.5) is 0 Å². The summed E-state index contributed by atoms with van der Waals surface area (Å²) in [7, 11) is 0. The lowest BCUT2D eigenvalue weighted by molar-refractivity contribution is 0.0657. The summed E-state index contributed by atoms with van der Waals surface area (Å²) in [5, 5.41) is 19.2. The van der Waals surface area contributed by atoms with Gasteiger partial charge in [-0.1, -0.05) is 13.3 Å². The van der Waals surface area contributed by atoms with Crippen molar-refractivity contribution in [1.82, 2.24) is 0 Å². The molecule has 0 saturated heterocycles. The van der Waals surface area contributed by atoms with Crippen molar-refractivity contribution in [1.29, 1.82) is 0 Å². The van der Waals surface area contributed by atoms with Crippen LogP contribution < -0.4 is 5.43 Å². The number of fused-ring (bicyclic) bond motifs is 2. The van der Waals surface area contributed by atoms with Crippen LogP contribution in [0.15, 0.2) is 15.3 Å². The van der Waals surface area contributed by atoms with E-state index in [0.717, 1.165) is 49.7 Å². The van der Waals surface area contributed by atoms with E-state index in [-0.39, 0.29) is 5.39 Å². The first-order chi connectivity index (χ1) is 10.5. The molecule has 0 radical (unpaired) electrons. The van der Waals surface area contributed by atoms with Gasteiger partial charge in [-0.25, -0.2) is 4.79 Å². The second-order valence-corrected chi connectivity index (χ2v) is 5.74. The molecule has 1 aromatic carbocycles. The van der Waals surface area contributed by atoms with Crippen LogP contribution in [0.25, 0.3) is 11.0 Å². The van der Waals surface area contributed by atoms with Crippen molar-refractivity contribution >= 4 is 16.9 Å². The third-order valence-electron chi connectivity index (χ3n) is 4.29. The highest BCUT2D eigenvalue weighted by Crippen LogP contribution is 2.33. The van der Waals surface area contributed by atoms with Crippen LogP contribution in [0.5, 0.6) is 5.75 Å². The average molecular weight is 302 g/mol. The first-order valence-corrected chi connectivity index (χ1v) is 7.61. The first kappa shape index (κ1) is 14.6. The van der Waals surface area contributed by atoms with Crippen LogP contribution in [0.3, 0.4) is 0 Å². The summed E-state index contributed by atoms with van der Waals surface area (Å²) in [5.41, 5.74) is 2.89. The molecule has 2 aromatic rings. The van der Waals surface area contributed by atoms with Gasteiger partial charge in [0.1, 0.15) is 5.58 Å². The Balaban J connectivity index is 2.43. The van der Waals surface area contributed by atoms with Crippen molar-refractivity contribution < 1.29 is 19.4 Å². The number of aryl methyl sites for hydroxylation is 2. The van der Waals surface area contributed by atoms with Gasteiger partial charge in [0.25, 0.3) is 5.76 Å². The predicted octanol–water partition coefficient (Wildman–Crippen LogP) is 3.03. The van der Waals surface area contributed by atoms with Crippen molar-refractivity contribution in [3.05, 3.63) is 38.7 Å². The lowest BCUT2D eigenvalue weighted by Gasteiger charge is -2.21. The van der Waals surface area contributed by atoms with E-state index >= 15 is 0 Å². The lowest BCUT2D eigenvalue weighted by Crippen LogP contribution is -2.13. The average Bonchev–Trinajstić information content (AvgIpc) is 2.51. The molecule has 0 saturated carbocycles. The standard InChI is InChI=1S/C17H18O5/c1-2-5-11-10-7-4-3-6-9(10)8-12-13(18)14(19)16(17(20)21)22-15(11)12/h8,19H,2-7H2,1H3,(H,20,21). The van der Waals surface area contributed by atoms with Gasteiger partial charge in [0.05, 0.1) is 5.39 Å². The Labute approximate surface area is 127 Å². The Morgan fingerprint density at radius 3 is 2.73 bits per heavy atom. The molecule has 3 rings (SSSR count). The highest BCUT2D eigenvalue weighted by Gasteiger charge is 2.24. The Kier molecular flexibility index (Phi) is 3.64. The number of hydrogen-bond donors (Lipinski definition) is 2. The molecule has 1 aliphatic carbocycles. The van der Waals surface area contributed by atoms with Gasteiger partial charge in [0.15, 0.2) is 0 Å². The molecule has 1 heterocycles. The van der Waals surface area contributed by atoms with Crippen LogP contribution in [0, 0.1) is 0 Å². The van der Waals surface area contributed by atoms with E-state index in [0.29, 0.717) is 5.58 Å². The number of aromatic carboxylic acids is 1. The minimum absolute atomic E-state index is 0.284. The molecule has 1 aliphatic rings. The zero-order chi connectivity index (χ0) is 15.9. The van der Waals surface area contributed by atoms with Gasteiger partial charge in [-0.2, -0.15) is 0 Å². The quantitative estimate of drug-likeness (QED) is 0.910. The van der Waals surface area contributed by atoms with E-state index in [9.17, 15) is 14.7 Å². The molecular weight excluding hydrogens is 284 g/mol. The summed E-state index contributed by atoms with van der Waals surface area (Å²) < 4.78 is 5.44. The van der Waals surface area contributed by atoms with Gasteiger partial charge in [0, 0.05) is 0 Å². The highest BCUT2D eigenvalue weighted by molar-refractivity contribution is 5.92. The smallest absolute Gasteiger partial charge is 0.375 e. The Bertz CT molecular complexity index is 816.